The van der Waals surface area contributed by atoms with Gasteiger partial charge in [-0.3, -0.25) is 9.59 Å². The van der Waals surface area contributed by atoms with Gasteiger partial charge in [0.05, 0.1) is 30.9 Å². The molecule has 0 radical (unpaired) electrons. The number of aromatic nitrogens is 2. The number of esters is 2. The quantitative estimate of drug-likeness (QED) is 0.440. The molecule has 0 saturated carbocycles. The highest BCUT2D eigenvalue weighted by Crippen LogP contribution is 2.18. The van der Waals surface area contributed by atoms with Crippen LogP contribution in [-0.4, -0.2) is 47.4 Å². The standard InChI is InChI=1S/C25H25N3O7/c1-3-33-24(31)17-14-18(25(32)34-4-2)16-19(15-17)26-23(30)21-10-11-22(29)28(27-21)12-13-35-20-8-6-5-7-9-20/h5-11,14-16H,3-4,12-13H2,1-2H3,(H,26,30). The second-order valence-corrected chi connectivity index (χ2v) is 7.14. The van der Waals surface area contributed by atoms with Gasteiger partial charge < -0.3 is 19.5 Å². The summed E-state index contributed by atoms with van der Waals surface area (Å²) in [5.74, 6) is -1.30. The molecule has 0 fully saturated rings. The molecule has 0 unspecified atom stereocenters. The molecule has 0 aliphatic rings. The van der Waals surface area contributed by atoms with Gasteiger partial charge in [-0.2, -0.15) is 5.10 Å². The molecule has 0 bridgehead atoms. The van der Waals surface area contributed by atoms with E-state index < -0.39 is 23.4 Å². The van der Waals surface area contributed by atoms with E-state index in [0.29, 0.717) is 5.75 Å². The maximum Gasteiger partial charge on any atom is 0.338 e. The number of carbonyl (C=O) groups is 3. The molecular weight excluding hydrogens is 454 g/mol. The fourth-order valence-electron chi connectivity index (χ4n) is 3.06. The minimum Gasteiger partial charge on any atom is -0.492 e. The van der Waals surface area contributed by atoms with Crippen molar-refractivity contribution < 1.29 is 28.6 Å². The summed E-state index contributed by atoms with van der Waals surface area (Å²) < 4.78 is 16.7. The topological polar surface area (TPSA) is 126 Å². The lowest BCUT2D eigenvalue weighted by atomic mass is 10.1. The predicted octanol–water partition coefficient (Wildman–Crippen LogP) is 2.93. The Hall–Kier alpha value is -4.47. The maximum atomic E-state index is 12.8. The van der Waals surface area contributed by atoms with Crippen LogP contribution in [0.1, 0.15) is 45.1 Å². The van der Waals surface area contributed by atoms with Gasteiger partial charge in [-0.05, 0) is 50.2 Å². The van der Waals surface area contributed by atoms with E-state index in [9.17, 15) is 19.2 Å². The molecule has 0 saturated heterocycles. The van der Waals surface area contributed by atoms with Crippen LogP contribution in [0.2, 0.25) is 0 Å². The van der Waals surface area contributed by atoms with E-state index in [0.717, 1.165) is 4.68 Å². The molecule has 1 heterocycles. The highest BCUT2D eigenvalue weighted by Gasteiger charge is 2.17. The smallest absolute Gasteiger partial charge is 0.338 e. The van der Waals surface area contributed by atoms with E-state index in [2.05, 4.69) is 10.4 Å². The number of nitrogens with one attached hydrogen (secondary N) is 1. The Bertz CT molecular complexity index is 1220. The summed E-state index contributed by atoms with van der Waals surface area (Å²) in [5, 5.41) is 6.70. The van der Waals surface area contributed by atoms with Crippen LogP contribution >= 0.6 is 0 Å². The van der Waals surface area contributed by atoms with Crippen molar-refractivity contribution in [3.05, 3.63) is 87.8 Å². The molecule has 0 atom stereocenters. The molecular formula is C25H25N3O7. The molecule has 1 N–H and O–H groups in total. The fourth-order valence-corrected chi connectivity index (χ4v) is 3.06. The lowest BCUT2D eigenvalue weighted by Gasteiger charge is -2.11. The van der Waals surface area contributed by atoms with E-state index in [1.807, 2.05) is 18.2 Å². The van der Waals surface area contributed by atoms with Crippen molar-refractivity contribution in [1.29, 1.82) is 0 Å². The molecule has 0 aliphatic heterocycles. The first-order chi connectivity index (χ1) is 16.9. The minimum absolute atomic E-state index is 0.0384. The Kier molecular flexibility index (Phi) is 8.71. The number of anilines is 1. The highest BCUT2D eigenvalue weighted by molar-refractivity contribution is 6.04. The van der Waals surface area contributed by atoms with Crippen LogP contribution in [0.15, 0.2) is 65.5 Å². The lowest BCUT2D eigenvalue weighted by Crippen LogP contribution is -2.28. The lowest BCUT2D eigenvalue weighted by molar-refractivity contribution is 0.0525. The normalized spacial score (nSPS) is 10.3. The molecule has 0 aliphatic carbocycles. The van der Waals surface area contributed by atoms with Gasteiger partial charge in [0.25, 0.3) is 11.5 Å². The number of nitrogens with zero attached hydrogens (tertiary/aromatic N) is 2. The van der Waals surface area contributed by atoms with Crippen molar-refractivity contribution >= 4 is 23.5 Å². The van der Waals surface area contributed by atoms with Crippen LogP contribution < -0.4 is 15.6 Å². The molecule has 1 aromatic heterocycles. The van der Waals surface area contributed by atoms with Crippen LogP contribution in [-0.2, 0) is 16.0 Å². The molecule has 1 amide bonds. The third kappa shape index (κ3) is 7.00. The molecule has 0 spiro atoms. The van der Waals surface area contributed by atoms with Gasteiger partial charge in [-0.1, -0.05) is 18.2 Å². The maximum absolute atomic E-state index is 12.8. The number of benzene rings is 2. The number of rotatable bonds is 10. The average Bonchev–Trinajstić information content (AvgIpc) is 2.86. The van der Waals surface area contributed by atoms with Crippen LogP contribution in [0.5, 0.6) is 5.75 Å². The van der Waals surface area contributed by atoms with Crippen molar-refractivity contribution in [3.8, 4) is 5.75 Å². The summed E-state index contributed by atoms with van der Waals surface area (Å²) in [5.41, 5.74) is -0.126. The first kappa shape index (κ1) is 25.2. The highest BCUT2D eigenvalue weighted by atomic mass is 16.5. The summed E-state index contributed by atoms with van der Waals surface area (Å²) in [6.07, 6.45) is 0. The van der Waals surface area contributed by atoms with E-state index in [-0.39, 0.29) is 48.9 Å². The Labute approximate surface area is 201 Å². The summed E-state index contributed by atoms with van der Waals surface area (Å²) in [6, 6.07) is 15.7. The molecule has 3 aromatic rings. The van der Waals surface area contributed by atoms with Gasteiger partial charge >= 0.3 is 11.9 Å². The molecule has 182 valence electrons. The van der Waals surface area contributed by atoms with Crippen LogP contribution in [0.3, 0.4) is 0 Å². The summed E-state index contributed by atoms with van der Waals surface area (Å²) in [6.45, 7) is 3.89. The Morgan fingerprint density at radius 2 is 1.51 bits per heavy atom. The third-order valence-electron chi connectivity index (χ3n) is 4.63. The monoisotopic (exact) mass is 479 g/mol. The van der Waals surface area contributed by atoms with E-state index in [1.54, 1.807) is 26.0 Å². The molecule has 3 rings (SSSR count). The van der Waals surface area contributed by atoms with Gasteiger partial charge in [0, 0.05) is 11.8 Å². The predicted molar refractivity (Wildman–Crippen MR) is 127 cm³/mol. The van der Waals surface area contributed by atoms with Crippen molar-refractivity contribution in [1.82, 2.24) is 9.78 Å². The second kappa shape index (κ2) is 12.1. The zero-order chi connectivity index (χ0) is 25.2. The Balaban J connectivity index is 1.78. The number of hydrogen-bond acceptors (Lipinski definition) is 8. The van der Waals surface area contributed by atoms with Crippen molar-refractivity contribution in [3.63, 3.8) is 0 Å². The first-order valence-corrected chi connectivity index (χ1v) is 11.0. The van der Waals surface area contributed by atoms with Gasteiger partial charge in [0.15, 0.2) is 0 Å². The van der Waals surface area contributed by atoms with Gasteiger partial charge in [0.2, 0.25) is 0 Å². The SMILES string of the molecule is CCOC(=O)c1cc(NC(=O)c2ccc(=O)n(CCOc3ccccc3)n2)cc(C(=O)OCC)c1. The van der Waals surface area contributed by atoms with Gasteiger partial charge in [-0.25, -0.2) is 14.3 Å². The summed E-state index contributed by atoms with van der Waals surface area (Å²) in [7, 11) is 0. The Morgan fingerprint density at radius 3 is 2.11 bits per heavy atom. The van der Waals surface area contributed by atoms with E-state index in [1.165, 1.54) is 30.3 Å². The van der Waals surface area contributed by atoms with Crippen LogP contribution in [0.4, 0.5) is 5.69 Å². The zero-order valence-corrected chi connectivity index (χ0v) is 19.4. The molecule has 10 nitrogen and oxygen atoms in total. The first-order valence-electron chi connectivity index (χ1n) is 11.0. The summed E-state index contributed by atoms with van der Waals surface area (Å²) in [4.78, 5) is 49.4. The van der Waals surface area contributed by atoms with E-state index in [4.69, 9.17) is 14.2 Å². The van der Waals surface area contributed by atoms with Crippen LogP contribution in [0.25, 0.3) is 0 Å². The molecule has 10 heteroatoms. The van der Waals surface area contributed by atoms with Gasteiger partial charge in [-0.15, -0.1) is 0 Å². The zero-order valence-electron chi connectivity index (χ0n) is 19.4. The van der Waals surface area contributed by atoms with Crippen LogP contribution in [0, 0.1) is 0 Å². The Morgan fingerprint density at radius 1 is 0.886 bits per heavy atom. The largest absolute Gasteiger partial charge is 0.492 e. The van der Waals surface area contributed by atoms with Gasteiger partial charge in [0.1, 0.15) is 18.1 Å². The summed E-state index contributed by atoms with van der Waals surface area (Å²) >= 11 is 0. The number of para-hydroxylation sites is 1. The van der Waals surface area contributed by atoms with Crippen molar-refractivity contribution in [2.75, 3.05) is 25.1 Å². The number of carbonyl (C=O) groups excluding carboxylic acids is 3. The van der Waals surface area contributed by atoms with Crippen molar-refractivity contribution in [2.24, 2.45) is 0 Å². The fraction of sp³-hybridized carbons (Fsp3) is 0.240. The minimum atomic E-state index is -0.653. The molecule has 2 aromatic carbocycles. The van der Waals surface area contributed by atoms with Crippen molar-refractivity contribution in [2.45, 2.75) is 20.4 Å². The second-order valence-electron chi connectivity index (χ2n) is 7.14. The van der Waals surface area contributed by atoms with E-state index >= 15 is 0 Å². The average molecular weight is 479 g/mol. The number of amides is 1. The third-order valence-corrected chi connectivity index (χ3v) is 4.63. The number of ether oxygens (including phenoxy) is 3. The molecule has 35 heavy (non-hydrogen) atoms. The number of hydrogen-bond donors (Lipinski definition) is 1.